The molecular weight excluding hydrogens is 300 g/mol. The lowest BCUT2D eigenvalue weighted by atomic mass is 10.3. The van der Waals surface area contributed by atoms with Crippen molar-refractivity contribution in [1.82, 2.24) is 0 Å². The predicted molar refractivity (Wildman–Crippen MR) is 60.6 cm³/mol. The van der Waals surface area contributed by atoms with Crippen LogP contribution in [0.2, 0.25) is 0 Å². The maximum absolute atomic E-state index is 10.8. The van der Waals surface area contributed by atoms with Crippen LogP contribution in [0.15, 0.2) is 21.1 Å². The fourth-order valence-electron chi connectivity index (χ4n) is 0.888. The van der Waals surface area contributed by atoms with E-state index in [1.165, 1.54) is 6.92 Å². The van der Waals surface area contributed by atoms with Crippen molar-refractivity contribution in [3.05, 3.63) is 21.1 Å². The number of rotatable bonds is 1. The molecule has 1 rings (SSSR count). The number of nitrogen functional groups attached to an aromatic ring is 1. The number of anilines is 2. The second-order valence-electron chi connectivity index (χ2n) is 2.54. The molecule has 0 spiro atoms. The van der Waals surface area contributed by atoms with Gasteiger partial charge in [0.1, 0.15) is 0 Å². The van der Waals surface area contributed by atoms with Gasteiger partial charge in [-0.05, 0) is 44.0 Å². The topological polar surface area (TPSA) is 55.1 Å². The Bertz CT molecular complexity index is 329. The third-order valence-corrected chi connectivity index (χ3v) is 2.62. The lowest BCUT2D eigenvalue weighted by Crippen LogP contribution is -2.07. The summed E-state index contributed by atoms with van der Waals surface area (Å²) in [5, 5.41) is 2.68. The van der Waals surface area contributed by atoms with Gasteiger partial charge in [0.25, 0.3) is 0 Å². The zero-order valence-corrected chi connectivity index (χ0v) is 10.1. The molecule has 1 aromatic carbocycles. The average molecular weight is 308 g/mol. The minimum atomic E-state index is -0.119. The number of benzene rings is 1. The summed E-state index contributed by atoms with van der Waals surface area (Å²) in [5.74, 6) is -0.119. The van der Waals surface area contributed by atoms with Crippen LogP contribution in [0.1, 0.15) is 6.92 Å². The molecule has 3 nitrogen and oxygen atoms in total. The Kier molecular flexibility index (Phi) is 3.33. The Morgan fingerprint density at radius 3 is 2.23 bits per heavy atom. The summed E-state index contributed by atoms with van der Waals surface area (Å²) in [4.78, 5) is 10.8. The molecule has 0 heterocycles. The molecule has 0 fully saturated rings. The molecule has 0 aliphatic heterocycles. The molecular formula is C8H8Br2N2O. The largest absolute Gasteiger partial charge is 0.399 e. The van der Waals surface area contributed by atoms with Crippen molar-refractivity contribution in [1.29, 1.82) is 0 Å². The smallest absolute Gasteiger partial charge is 0.221 e. The second-order valence-corrected chi connectivity index (χ2v) is 4.25. The van der Waals surface area contributed by atoms with Crippen molar-refractivity contribution < 1.29 is 4.79 Å². The minimum absolute atomic E-state index is 0.119. The zero-order chi connectivity index (χ0) is 10.0. The van der Waals surface area contributed by atoms with Gasteiger partial charge in [-0.3, -0.25) is 4.79 Å². The molecule has 3 N–H and O–H groups in total. The van der Waals surface area contributed by atoms with Gasteiger partial charge in [0.15, 0.2) is 0 Å². The van der Waals surface area contributed by atoms with Crippen molar-refractivity contribution in [3.63, 3.8) is 0 Å². The fraction of sp³-hybridized carbons (Fsp3) is 0.125. The van der Waals surface area contributed by atoms with Gasteiger partial charge in [-0.1, -0.05) is 0 Å². The molecule has 0 aromatic heterocycles. The first kappa shape index (κ1) is 10.5. The van der Waals surface area contributed by atoms with E-state index in [4.69, 9.17) is 5.73 Å². The van der Waals surface area contributed by atoms with Gasteiger partial charge < -0.3 is 11.1 Å². The van der Waals surface area contributed by atoms with Gasteiger partial charge >= 0.3 is 0 Å². The van der Waals surface area contributed by atoms with Crippen LogP contribution >= 0.6 is 31.9 Å². The number of carbonyl (C=O) groups is 1. The summed E-state index contributed by atoms with van der Waals surface area (Å²) in [6, 6.07) is 3.46. The molecule has 1 aromatic rings. The number of hydrogen-bond acceptors (Lipinski definition) is 2. The number of amides is 1. The van der Waals surface area contributed by atoms with E-state index in [0.717, 1.165) is 8.95 Å². The van der Waals surface area contributed by atoms with Crippen LogP contribution in [0.25, 0.3) is 0 Å². The van der Waals surface area contributed by atoms with Crippen LogP contribution in [0, 0.1) is 0 Å². The highest BCUT2D eigenvalue weighted by atomic mass is 79.9. The summed E-state index contributed by atoms with van der Waals surface area (Å²) >= 11 is 6.60. The van der Waals surface area contributed by atoms with Crippen LogP contribution in [0.4, 0.5) is 11.4 Å². The molecule has 0 saturated carbocycles. The lowest BCUT2D eigenvalue weighted by Gasteiger charge is -2.08. The highest BCUT2D eigenvalue weighted by Gasteiger charge is 2.07. The van der Waals surface area contributed by atoms with Gasteiger partial charge in [0.2, 0.25) is 5.91 Å². The first-order chi connectivity index (χ1) is 6.00. The van der Waals surface area contributed by atoms with Crippen LogP contribution in [0.3, 0.4) is 0 Å². The molecule has 0 aliphatic carbocycles. The normalized spacial score (nSPS) is 9.77. The van der Waals surface area contributed by atoms with Gasteiger partial charge in [0.05, 0.1) is 5.69 Å². The number of nitrogens with one attached hydrogen (secondary N) is 1. The minimum Gasteiger partial charge on any atom is -0.399 e. The number of halogens is 2. The van der Waals surface area contributed by atoms with Gasteiger partial charge in [-0.25, -0.2) is 0 Å². The van der Waals surface area contributed by atoms with Crippen molar-refractivity contribution in [2.24, 2.45) is 0 Å². The Labute approximate surface area is 92.9 Å². The van der Waals surface area contributed by atoms with Gasteiger partial charge in [-0.2, -0.15) is 0 Å². The lowest BCUT2D eigenvalue weighted by molar-refractivity contribution is -0.114. The van der Waals surface area contributed by atoms with Crippen molar-refractivity contribution in [2.45, 2.75) is 6.92 Å². The monoisotopic (exact) mass is 306 g/mol. The molecule has 0 unspecified atom stereocenters. The average Bonchev–Trinajstić information content (AvgIpc) is 1.96. The molecule has 0 atom stereocenters. The predicted octanol–water partition coefficient (Wildman–Crippen LogP) is 2.75. The molecule has 0 bridgehead atoms. The van der Waals surface area contributed by atoms with E-state index in [-0.39, 0.29) is 5.91 Å². The van der Waals surface area contributed by atoms with E-state index in [2.05, 4.69) is 37.2 Å². The molecule has 0 radical (unpaired) electrons. The Morgan fingerprint density at radius 1 is 1.38 bits per heavy atom. The van der Waals surface area contributed by atoms with Crippen molar-refractivity contribution in [3.8, 4) is 0 Å². The Morgan fingerprint density at radius 2 is 1.85 bits per heavy atom. The summed E-state index contributed by atoms with van der Waals surface area (Å²) in [7, 11) is 0. The third kappa shape index (κ3) is 2.70. The van der Waals surface area contributed by atoms with E-state index < -0.39 is 0 Å². The van der Waals surface area contributed by atoms with E-state index in [9.17, 15) is 4.79 Å². The Balaban J connectivity index is 3.13. The molecule has 70 valence electrons. The molecule has 0 aliphatic rings. The van der Waals surface area contributed by atoms with Crippen LogP contribution in [0.5, 0.6) is 0 Å². The molecule has 0 saturated heterocycles. The summed E-state index contributed by atoms with van der Waals surface area (Å²) in [5.41, 5.74) is 6.91. The van der Waals surface area contributed by atoms with E-state index >= 15 is 0 Å². The number of hydrogen-bond donors (Lipinski definition) is 2. The van der Waals surface area contributed by atoms with E-state index in [1.54, 1.807) is 12.1 Å². The van der Waals surface area contributed by atoms with E-state index in [1.807, 2.05) is 0 Å². The first-order valence-corrected chi connectivity index (χ1v) is 5.11. The quantitative estimate of drug-likeness (QED) is 0.784. The number of carbonyl (C=O) groups excluding carboxylic acids is 1. The standard InChI is InChI=1S/C8H8Br2N2O/c1-4(13)12-8-6(9)2-5(11)3-7(8)10/h2-3H,11H2,1H3,(H,12,13). The zero-order valence-electron chi connectivity index (χ0n) is 6.90. The first-order valence-electron chi connectivity index (χ1n) is 3.53. The van der Waals surface area contributed by atoms with Gasteiger partial charge in [0, 0.05) is 21.6 Å². The third-order valence-electron chi connectivity index (χ3n) is 1.37. The van der Waals surface area contributed by atoms with Crippen LogP contribution in [-0.4, -0.2) is 5.91 Å². The molecule has 5 heteroatoms. The van der Waals surface area contributed by atoms with E-state index in [0.29, 0.717) is 11.4 Å². The maximum Gasteiger partial charge on any atom is 0.221 e. The van der Waals surface area contributed by atoms with Crippen LogP contribution < -0.4 is 11.1 Å². The second kappa shape index (κ2) is 4.11. The van der Waals surface area contributed by atoms with Crippen LogP contribution in [-0.2, 0) is 4.79 Å². The highest BCUT2D eigenvalue weighted by Crippen LogP contribution is 2.33. The Hall–Kier alpha value is -0.550. The molecule has 13 heavy (non-hydrogen) atoms. The summed E-state index contributed by atoms with van der Waals surface area (Å²) < 4.78 is 1.52. The maximum atomic E-state index is 10.8. The van der Waals surface area contributed by atoms with Crippen molar-refractivity contribution >= 4 is 49.1 Å². The van der Waals surface area contributed by atoms with Gasteiger partial charge in [-0.15, -0.1) is 0 Å². The summed E-state index contributed by atoms with van der Waals surface area (Å²) in [6.07, 6.45) is 0. The fourth-order valence-corrected chi connectivity index (χ4v) is 2.31. The van der Waals surface area contributed by atoms with Crippen molar-refractivity contribution in [2.75, 3.05) is 11.1 Å². The highest BCUT2D eigenvalue weighted by molar-refractivity contribution is 9.11. The summed E-state index contributed by atoms with van der Waals surface area (Å²) in [6.45, 7) is 1.45. The SMILES string of the molecule is CC(=O)Nc1c(Br)cc(N)cc1Br. The molecule has 1 amide bonds. The number of nitrogens with two attached hydrogens (primary N) is 1.